The molecule has 1 saturated heterocycles. The van der Waals surface area contributed by atoms with Crippen LogP contribution in [0.5, 0.6) is 0 Å². The summed E-state index contributed by atoms with van der Waals surface area (Å²) < 4.78 is 5.09. The molecule has 0 aliphatic carbocycles. The van der Waals surface area contributed by atoms with E-state index < -0.39 is 17.6 Å². The zero-order chi connectivity index (χ0) is 12.3. The highest BCUT2D eigenvalue weighted by Gasteiger charge is 2.30. The molecule has 5 heteroatoms. The molecule has 0 atom stereocenters. The molecule has 0 spiro atoms. The molecule has 0 bridgehead atoms. The number of hydrogen-bond acceptors (Lipinski definition) is 4. The first kappa shape index (κ1) is 12.7. The van der Waals surface area contributed by atoms with Crippen LogP contribution in [0.1, 0.15) is 40.0 Å². The van der Waals surface area contributed by atoms with Gasteiger partial charge in [-0.2, -0.15) is 0 Å². The predicted molar refractivity (Wildman–Crippen MR) is 56.8 cm³/mol. The van der Waals surface area contributed by atoms with Crippen LogP contribution < -0.4 is 0 Å². The zero-order valence-corrected chi connectivity index (χ0v) is 9.91. The number of rotatable bonds is 0. The Kier molecular flexibility index (Phi) is 3.67. The fraction of sp³-hybridized carbons (Fsp3) is 0.727. The Labute approximate surface area is 94.7 Å². The van der Waals surface area contributed by atoms with Crippen molar-refractivity contribution in [3.05, 3.63) is 0 Å². The minimum absolute atomic E-state index is 0.115. The van der Waals surface area contributed by atoms with Crippen LogP contribution in [0.25, 0.3) is 0 Å². The van der Waals surface area contributed by atoms with Crippen molar-refractivity contribution in [3.8, 4) is 0 Å². The molecule has 0 N–H and O–H groups in total. The van der Waals surface area contributed by atoms with Crippen LogP contribution in [0.4, 0.5) is 4.79 Å². The predicted octanol–water partition coefficient (Wildman–Crippen LogP) is 1.50. The maximum Gasteiger partial charge on any atom is 0.417 e. The van der Waals surface area contributed by atoms with Gasteiger partial charge in [0.2, 0.25) is 5.91 Å². The molecular weight excluding hydrogens is 210 g/mol. The average Bonchev–Trinajstić information content (AvgIpc) is 2.23. The highest BCUT2D eigenvalue weighted by Crippen LogP contribution is 2.14. The standard InChI is InChI=1S/C11H17NO4/c1-11(2,3)16-10(15)12-6-4-5-8(13)7-9(12)14/h4-7H2,1-3H3. The summed E-state index contributed by atoms with van der Waals surface area (Å²) in [6, 6.07) is 0. The molecule has 1 heterocycles. The number of nitrogens with zero attached hydrogens (tertiary/aromatic N) is 1. The number of amides is 2. The molecule has 0 aromatic heterocycles. The van der Waals surface area contributed by atoms with Crippen LogP contribution in [0, 0.1) is 0 Å². The van der Waals surface area contributed by atoms with E-state index in [2.05, 4.69) is 0 Å². The molecule has 5 nitrogen and oxygen atoms in total. The summed E-state index contributed by atoms with van der Waals surface area (Å²) in [7, 11) is 0. The van der Waals surface area contributed by atoms with Gasteiger partial charge in [-0.05, 0) is 27.2 Å². The Morgan fingerprint density at radius 2 is 1.94 bits per heavy atom. The first-order chi connectivity index (χ1) is 7.29. The van der Waals surface area contributed by atoms with E-state index in [9.17, 15) is 14.4 Å². The van der Waals surface area contributed by atoms with Gasteiger partial charge in [0.1, 0.15) is 11.4 Å². The molecule has 1 rings (SSSR count). The van der Waals surface area contributed by atoms with Crippen molar-refractivity contribution in [1.82, 2.24) is 4.90 Å². The average molecular weight is 227 g/mol. The lowest BCUT2D eigenvalue weighted by molar-refractivity contribution is -0.133. The van der Waals surface area contributed by atoms with Gasteiger partial charge in [-0.1, -0.05) is 0 Å². The maximum atomic E-state index is 11.7. The molecule has 1 aliphatic rings. The quantitative estimate of drug-likeness (QED) is 0.588. The first-order valence-electron chi connectivity index (χ1n) is 5.34. The molecule has 1 aliphatic heterocycles. The van der Waals surface area contributed by atoms with Crippen LogP contribution in [-0.2, 0) is 14.3 Å². The number of carbonyl (C=O) groups is 3. The third-order valence-electron chi connectivity index (χ3n) is 2.10. The van der Waals surface area contributed by atoms with Gasteiger partial charge in [-0.25, -0.2) is 9.69 Å². The zero-order valence-electron chi connectivity index (χ0n) is 9.91. The largest absolute Gasteiger partial charge is 0.443 e. The summed E-state index contributed by atoms with van der Waals surface area (Å²) in [5.41, 5.74) is -0.631. The molecule has 90 valence electrons. The summed E-state index contributed by atoms with van der Waals surface area (Å²) in [6.45, 7) is 5.47. The molecule has 0 aromatic rings. The van der Waals surface area contributed by atoms with Gasteiger partial charge in [0.25, 0.3) is 0 Å². The van der Waals surface area contributed by atoms with Crippen molar-refractivity contribution in [2.24, 2.45) is 0 Å². The SMILES string of the molecule is CC(C)(C)OC(=O)N1CCCC(=O)CC1=O. The molecule has 1 fully saturated rings. The minimum atomic E-state index is -0.660. The van der Waals surface area contributed by atoms with Crippen LogP contribution in [0.3, 0.4) is 0 Å². The Balaban J connectivity index is 2.68. The van der Waals surface area contributed by atoms with Crippen molar-refractivity contribution < 1.29 is 19.1 Å². The van der Waals surface area contributed by atoms with E-state index in [1.165, 1.54) is 0 Å². The van der Waals surface area contributed by atoms with Crippen LogP contribution >= 0.6 is 0 Å². The van der Waals surface area contributed by atoms with Gasteiger partial charge in [0, 0.05) is 13.0 Å². The molecule has 16 heavy (non-hydrogen) atoms. The summed E-state index contributed by atoms with van der Waals surface area (Å²) in [5.74, 6) is -0.576. The third kappa shape index (κ3) is 3.64. The van der Waals surface area contributed by atoms with E-state index in [1.807, 2.05) is 0 Å². The highest BCUT2D eigenvalue weighted by molar-refractivity contribution is 6.04. The van der Waals surface area contributed by atoms with Crippen molar-refractivity contribution >= 4 is 17.8 Å². The summed E-state index contributed by atoms with van der Waals surface area (Å²) in [5, 5.41) is 0. The Bertz CT molecular complexity index is 316. The van der Waals surface area contributed by atoms with E-state index in [0.29, 0.717) is 12.8 Å². The summed E-state index contributed by atoms with van der Waals surface area (Å²) in [4.78, 5) is 35.4. The fourth-order valence-corrected chi connectivity index (χ4v) is 1.42. The van der Waals surface area contributed by atoms with Gasteiger partial charge in [0.15, 0.2) is 0 Å². The number of Topliss-reactive ketones (excluding diaryl/α,β-unsaturated/α-hetero) is 1. The van der Waals surface area contributed by atoms with Gasteiger partial charge in [-0.3, -0.25) is 9.59 Å². The molecular formula is C11H17NO4. The van der Waals surface area contributed by atoms with Crippen molar-refractivity contribution in [1.29, 1.82) is 0 Å². The second-order valence-corrected chi connectivity index (χ2v) is 4.84. The summed E-state index contributed by atoms with van der Waals surface area (Å²) in [6.07, 6.45) is 0.0147. The van der Waals surface area contributed by atoms with Crippen molar-refractivity contribution in [2.75, 3.05) is 6.54 Å². The molecule has 0 radical (unpaired) electrons. The van der Waals surface area contributed by atoms with Crippen LogP contribution in [0.2, 0.25) is 0 Å². The number of ether oxygens (including phenoxy) is 1. The Morgan fingerprint density at radius 3 is 2.50 bits per heavy atom. The first-order valence-corrected chi connectivity index (χ1v) is 5.34. The summed E-state index contributed by atoms with van der Waals surface area (Å²) >= 11 is 0. The van der Waals surface area contributed by atoms with E-state index >= 15 is 0 Å². The monoisotopic (exact) mass is 227 g/mol. The van der Waals surface area contributed by atoms with Gasteiger partial charge >= 0.3 is 6.09 Å². The Morgan fingerprint density at radius 1 is 1.31 bits per heavy atom. The fourth-order valence-electron chi connectivity index (χ4n) is 1.42. The molecule has 2 amide bonds. The lowest BCUT2D eigenvalue weighted by atomic mass is 10.2. The van der Waals surface area contributed by atoms with E-state index in [0.717, 1.165) is 4.90 Å². The van der Waals surface area contributed by atoms with Gasteiger partial charge in [-0.15, -0.1) is 0 Å². The van der Waals surface area contributed by atoms with Crippen molar-refractivity contribution in [2.45, 2.75) is 45.6 Å². The lowest BCUT2D eigenvalue weighted by Crippen LogP contribution is -2.40. The molecule has 0 unspecified atom stereocenters. The highest BCUT2D eigenvalue weighted by atomic mass is 16.6. The normalized spacial score (nSPS) is 18.3. The number of ketones is 1. The maximum absolute atomic E-state index is 11.7. The smallest absolute Gasteiger partial charge is 0.417 e. The number of carbonyl (C=O) groups excluding carboxylic acids is 3. The van der Waals surface area contributed by atoms with Crippen LogP contribution in [-0.4, -0.2) is 34.8 Å². The van der Waals surface area contributed by atoms with Crippen LogP contribution in [0.15, 0.2) is 0 Å². The molecule has 0 aromatic carbocycles. The topological polar surface area (TPSA) is 63.7 Å². The third-order valence-corrected chi connectivity index (χ3v) is 2.10. The van der Waals surface area contributed by atoms with E-state index in [4.69, 9.17) is 4.74 Å². The minimum Gasteiger partial charge on any atom is -0.443 e. The van der Waals surface area contributed by atoms with Gasteiger partial charge in [0.05, 0.1) is 6.42 Å². The van der Waals surface area contributed by atoms with E-state index in [1.54, 1.807) is 20.8 Å². The second-order valence-electron chi connectivity index (χ2n) is 4.84. The van der Waals surface area contributed by atoms with Gasteiger partial charge < -0.3 is 4.74 Å². The van der Waals surface area contributed by atoms with E-state index in [-0.39, 0.29) is 18.7 Å². The van der Waals surface area contributed by atoms with Crippen molar-refractivity contribution in [3.63, 3.8) is 0 Å². The number of imide groups is 1. The second kappa shape index (κ2) is 4.63. The Hall–Kier alpha value is -1.39. The molecule has 0 saturated carbocycles. The number of likely N-dealkylation sites (tertiary alicyclic amines) is 1. The lowest BCUT2D eigenvalue weighted by Gasteiger charge is -2.24. The number of hydrogen-bond donors (Lipinski definition) is 0.